The summed E-state index contributed by atoms with van der Waals surface area (Å²) in [6, 6.07) is 10.1. The van der Waals surface area contributed by atoms with Crippen molar-refractivity contribution in [3.63, 3.8) is 0 Å². The van der Waals surface area contributed by atoms with Crippen LogP contribution < -0.4 is 5.73 Å². The summed E-state index contributed by atoms with van der Waals surface area (Å²) in [6.07, 6.45) is -0.226. The summed E-state index contributed by atoms with van der Waals surface area (Å²) in [6.45, 7) is 0.478. The highest BCUT2D eigenvalue weighted by Crippen LogP contribution is 2.18. The van der Waals surface area contributed by atoms with Crippen molar-refractivity contribution >= 4 is 17.9 Å². The summed E-state index contributed by atoms with van der Waals surface area (Å²) >= 11 is 1.70. The van der Waals surface area contributed by atoms with Crippen LogP contribution in [0.25, 0.3) is 0 Å². The minimum Gasteiger partial charge on any atom is -0.465 e. The fraction of sp³-hybridized carbons (Fsp3) is 0.417. The molecule has 0 heterocycles. The number of amides is 1. The van der Waals surface area contributed by atoms with Crippen LogP contribution in [0.3, 0.4) is 0 Å². The fourth-order valence-electron chi connectivity index (χ4n) is 1.26. The predicted octanol–water partition coefficient (Wildman–Crippen LogP) is 2.11. The van der Waals surface area contributed by atoms with Crippen LogP contribution in [0, 0.1) is 0 Å². The first-order valence-electron chi connectivity index (χ1n) is 5.47. The van der Waals surface area contributed by atoms with Gasteiger partial charge < -0.3 is 15.7 Å². The van der Waals surface area contributed by atoms with Crippen molar-refractivity contribution < 1.29 is 9.90 Å². The molecule has 94 valence electrons. The summed E-state index contributed by atoms with van der Waals surface area (Å²) in [5, 5.41) is 8.68. The molecule has 0 saturated heterocycles. The maximum atomic E-state index is 10.6. The van der Waals surface area contributed by atoms with E-state index >= 15 is 0 Å². The van der Waals surface area contributed by atoms with E-state index in [4.69, 9.17) is 10.8 Å². The molecule has 0 saturated carbocycles. The van der Waals surface area contributed by atoms with Gasteiger partial charge in [0, 0.05) is 30.3 Å². The van der Waals surface area contributed by atoms with E-state index in [-0.39, 0.29) is 6.04 Å². The quantitative estimate of drug-likeness (QED) is 0.763. The molecule has 0 fully saturated rings. The van der Waals surface area contributed by atoms with Gasteiger partial charge >= 0.3 is 6.09 Å². The Morgan fingerprint density at radius 1 is 1.47 bits per heavy atom. The van der Waals surface area contributed by atoms with Crippen molar-refractivity contribution in [2.75, 3.05) is 19.3 Å². The van der Waals surface area contributed by atoms with Gasteiger partial charge in [0.2, 0.25) is 0 Å². The Labute approximate surface area is 106 Å². The molecule has 1 aromatic carbocycles. The lowest BCUT2D eigenvalue weighted by Gasteiger charge is -2.16. The smallest absolute Gasteiger partial charge is 0.407 e. The molecule has 0 aromatic heterocycles. The lowest BCUT2D eigenvalue weighted by atomic mass is 10.2. The van der Waals surface area contributed by atoms with E-state index in [1.54, 1.807) is 18.8 Å². The molecule has 5 heteroatoms. The standard InChI is InChI=1S/C12H18N2O2S/c1-14(12(15)16)8-7-10(13)9-17-11-5-3-2-4-6-11/h2-6,10H,7-9,13H2,1H3,(H,15,16). The third kappa shape index (κ3) is 5.60. The zero-order valence-corrected chi connectivity index (χ0v) is 10.7. The van der Waals surface area contributed by atoms with E-state index in [2.05, 4.69) is 0 Å². The molecule has 0 aliphatic rings. The zero-order valence-electron chi connectivity index (χ0n) is 9.87. The number of rotatable bonds is 6. The Hall–Kier alpha value is -1.20. The Bertz CT molecular complexity index is 346. The van der Waals surface area contributed by atoms with E-state index in [0.29, 0.717) is 13.0 Å². The fourth-order valence-corrected chi connectivity index (χ4v) is 2.18. The summed E-state index contributed by atoms with van der Waals surface area (Å²) in [4.78, 5) is 13.0. The molecule has 1 atom stereocenters. The molecule has 4 nitrogen and oxygen atoms in total. The minimum atomic E-state index is -0.909. The molecule has 1 unspecified atom stereocenters. The van der Waals surface area contributed by atoms with Gasteiger partial charge in [-0.25, -0.2) is 4.79 Å². The summed E-state index contributed by atoms with van der Waals surface area (Å²) < 4.78 is 0. The normalized spacial score (nSPS) is 12.1. The van der Waals surface area contributed by atoms with Gasteiger partial charge in [-0.2, -0.15) is 0 Å². The lowest BCUT2D eigenvalue weighted by molar-refractivity contribution is 0.155. The number of thioether (sulfide) groups is 1. The highest BCUT2D eigenvalue weighted by atomic mass is 32.2. The second-order valence-electron chi connectivity index (χ2n) is 3.88. The summed E-state index contributed by atoms with van der Waals surface area (Å²) in [5.41, 5.74) is 5.93. The Morgan fingerprint density at radius 3 is 2.71 bits per heavy atom. The molecule has 1 amide bonds. The Morgan fingerprint density at radius 2 is 2.12 bits per heavy atom. The van der Waals surface area contributed by atoms with Crippen molar-refractivity contribution in [3.8, 4) is 0 Å². The van der Waals surface area contributed by atoms with Crippen molar-refractivity contribution in [2.45, 2.75) is 17.4 Å². The summed E-state index contributed by atoms with van der Waals surface area (Å²) in [7, 11) is 1.55. The second kappa shape index (κ2) is 7.19. The predicted molar refractivity (Wildman–Crippen MR) is 70.4 cm³/mol. The van der Waals surface area contributed by atoms with Crippen LogP contribution in [0.15, 0.2) is 35.2 Å². The highest BCUT2D eigenvalue weighted by Gasteiger charge is 2.08. The van der Waals surface area contributed by atoms with E-state index in [0.717, 1.165) is 5.75 Å². The van der Waals surface area contributed by atoms with Crippen molar-refractivity contribution in [1.29, 1.82) is 0 Å². The minimum absolute atomic E-state index is 0.0157. The molecule has 0 aliphatic heterocycles. The van der Waals surface area contributed by atoms with Crippen molar-refractivity contribution in [2.24, 2.45) is 5.73 Å². The monoisotopic (exact) mass is 254 g/mol. The number of carbonyl (C=O) groups is 1. The average Bonchev–Trinajstić information content (AvgIpc) is 2.34. The first kappa shape index (κ1) is 13.9. The Balaban J connectivity index is 2.22. The van der Waals surface area contributed by atoms with E-state index in [9.17, 15) is 4.79 Å². The van der Waals surface area contributed by atoms with Crippen LogP contribution in [-0.2, 0) is 0 Å². The molecule has 1 aromatic rings. The zero-order chi connectivity index (χ0) is 12.7. The van der Waals surface area contributed by atoms with Crippen LogP contribution in [0.4, 0.5) is 4.79 Å². The van der Waals surface area contributed by atoms with E-state index < -0.39 is 6.09 Å². The largest absolute Gasteiger partial charge is 0.465 e. The topological polar surface area (TPSA) is 66.6 Å². The number of benzene rings is 1. The van der Waals surface area contributed by atoms with Gasteiger partial charge in [-0.15, -0.1) is 11.8 Å². The molecule has 0 aliphatic carbocycles. The van der Waals surface area contributed by atoms with Gasteiger partial charge in [0.05, 0.1) is 0 Å². The summed E-state index contributed by atoms with van der Waals surface area (Å²) in [5.74, 6) is 0.803. The van der Waals surface area contributed by atoms with Crippen molar-refractivity contribution in [3.05, 3.63) is 30.3 Å². The molecular formula is C12H18N2O2S. The van der Waals surface area contributed by atoms with Gasteiger partial charge in [-0.05, 0) is 18.6 Å². The molecule has 1 rings (SSSR count). The first-order chi connectivity index (χ1) is 8.09. The Kier molecular flexibility index (Phi) is 5.86. The number of carboxylic acid groups (broad SMARTS) is 1. The van der Waals surface area contributed by atoms with Gasteiger partial charge in [-0.1, -0.05) is 18.2 Å². The molecule has 0 bridgehead atoms. The maximum absolute atomic E-state index is 10.6. The molecule has 17 heavy (non-hydrogen) atoms. The highest BCUT2D eigenvalue weighted by molar-refractivity contribution is 7.99. The molecule has 0 spiro atoms. The lowest BCUT2D eigenvalue weighted by Crippen LogP contribution is -2.32. The van der Waals surface area contributed by atoms with E-state index in [1.807, 2.05) is 30.3 Å². The number of nitrogens with zero attached hydrogens (tertiary/aromatic N) is 1. The molecule has 3 N–H and O–H groups in total. The molecular weight excluding hydrogens is 236 g/mol. The SMILES string of the molecule is CN(CCC(N)CSc1ccccc1)C(=O)O. The van der Waals surface area contributed by atoms with E-state index in [1.165, 1.54) is 9.80 Å². The van der Waals surface area contributed by atoms with Gasteiger partial charge in [0.15, 0.2) is 0 Å². The van der Waals surface area contributed by atoms with Crippen molar-refractivity contribution in [1.82, 2.24) is 4.90 Å². The molecule has 0 radical (unpaired) electrons. The van der Waals surface area contributed by atoms with Crippen LogP contribution in [0.1, 0.15) is 6.42 Å². The van der Waals surface area contributed by atoms with Gasteiger partial charge in [-0.3, -0.25) is 0 Å². The third-order valence-electron chi connectivity index (χ3n) is 2.37. The maximum Gasteiger partial charge on any atom is 0.407 e. The van der Waals surface area contributed by atoms with Crippen LogP contribution in [-0.4, -0.2) is 41.5 Å². The van der Waals surface area contributed by atoms with Crippen LogP contribution >= 0.6 is 11.8 Å². The first-order valence-corrected chi connectivity index (χ1v) is 6.45. The average molecular weight is 254 g/mol. The van der Waals surface area contributed by atoms with Crippen LogP contribution in [0.2, 0.25) is 0 Å². The third-order valence-corrected chi connectivity index (χ3v) is 3.57. The van der Waals surface area contributed by atoms with Gasteiger partial charge in [0.1, 0.15) is 0 Å². The number of hydrogen-bond acceptors (Lipinski definition) is 3. The number of nitrogens with two attached hydrogens (primary N) is 1. The second-order valence-corrected chi connectivity index (χ2v) is 4.97. The van der Waals surface area contributed by atoms with Gasteiger partial charge in [0.25, 0.3) is 0 Å². The van der Waals surface area contributed by atoms with Crippen LogP contribution in [0.5, 0.6) is 0 Å². The number of hydrogen-bond donors (Lipinski definition) is 2.